The number of hydrogen-bond acceptors (Lipinski definition) is 3. The number of aliphatic hydroxyl groups excluding tert-OH is 2. The van der Waals surface area contributed by atoms with Gasteiger partial charge in [0.05, 0.1) is 12.2 Å². The van der Waals surface area contributed by atoms with Crippen molar-refractivity contribution in [3.8, 4) is 11.5 Å². The van der Waals surface area contributed by atoms with E-state index in [1.165, 1.54) is 0 Å². The van der Waals surface area contributed by atoms with Crippen LogP contribution in [0.5, 0.6) is 11.5 Å². The number of ether oxygens (including phenoxy) is 1. The molecule has 100 valence electrons. The first-order chi connectivity index (χ1) is 9.09. The smallest absolute Gasteiger partial charge is 0.133 e. The largest absolute Gasteiger partial charge is 0.457 e. The van der Waals surface area contributed by atoms with Gasteiger partial charge in [0.2, 0.25) is 0 Å². The molecule has 0 aliphatic rings. The average molecular weight is 258 g/mol. The summed E-state index contributed by atoms with van der Waals surface area (Å²) in [5.74, 6) is 1.20. The third-order valence-electron chi connectivity index (χ3n) is 2.96. The predicted octanol–water partition coefficient (Wildman–Crippen LogP) is 3.59. The van der Waals surface area contributed by atoms with Crippen LogP contribution in [-0.4, -0.2) is 10.2 Å². The molecular formula is C16H18O3. The Kier molecular flexibility index (Phi) is 4.20. The van der Waals surface area contributed by atoms with Crippen LogP contribution in [-0.2, 0) is 0 Å². The van der Waals surface area contributed by atoms with Crippen molar-refractivity contribution in [2.75, 3.05) is 0 Å². The molecule has 0 spiro atoms. The summed E-state index contributed by atoms with van der Waals surface area (Å²) in [7, 11) is 0. The van der Waals surface area contributed by atoms with Crippen molar-refractivity contribution in [2.45, 2.75) is 26.1 Å². The van der Waals surface area contributed by atoms with Crippen LogP contribution in [0, 0.1) is 0 Å². The van der Waals surface area contributed by atoms with Gasteiger partial charge < -0.3 is 14.9 Å². The van der Waals surface area contributed by atoms with E-state index in [4.69, 9.17) is 4.74 Å². The van der Waals surface area contributed by atoms with Crippen molar-refractivity contribution in [1.82, 2.24) is 0 Å². The first-order valence-corrected chi connectivity index (χ1v) is 6.31. The zero-order chi connectivity index (χ0) is 13.8. The van der Waals surface area contributed by atoms with Gasteiger partial charge in [-0.15, -0.1) is 0 Å². The van der Waals surface area contributed by atoms with Gasteiger partial charge in [-0.1, -0.05) is 36.4 Å². The molecule has 0 aromatic heterocycles. The van der Waals surface area contributed by atoms with Crippen molar-refractivity contribution >= 4 is 0 Å². The maximum absolute atomic E-state index is 9.73. The Bertz CT molecular complexity index is 498. The molecule has 2 atom stereocenters. The molecule has 0 aliphatic carbocycles. The number of hydrogen-bond donors (Lipinski definition) is 2. The minimum Gasteiger partial charge on any atom is -0.457 e. The third kappa shape index (κ3) is 3.13. The van der Waals surface area contributed by atoms with Crippen molar-refractivity contribution in [3.63, 3.8) is 0 Å². The van der Waals surface area contributed by atoms with Gasteiger partial charge in [-0.3, -0.25) is 0 Å². The predicted molar refractivity (Wildman–Crippen MR) is 74.2 cm³/mol. The van der Waals surface area contributed by atoms with Crippen LogP contribution in [0.2, 0.25) is 0 Å². The first kappa shape index (κ1) is 13.6. The molecule has 19 heavy (non-hydrogen) atoms. The Balaban J connectivity index is 2.37. The Labute approximate surface area is 113 Å². The van der Waals surface area contributed by atoms with Gasteiger partial charge in [0.1, 0.15) is 11.5 Å². The van der Waals surface area contributed by atoms with E-state index in [1.807, 2.05) is 36.4 Å². The Morgan fingerprint density at radius 3 is 1.47 bits per heavy atom. The van der Waals surface area contributed by atoms with Crippen molar-refractivity contribution < 1.29 is 14.9 Å². The van der Waals surface area contributed by atoms with Crippen LogP contribution in [0.3, 0.4) is 0 Å². The molecule has 2 aromatic carbocycles. The summed E-state index contributed by atoms with van der Waals surface area (Å²) < 4.78 is 5.84. The lowest BCUT2D eigenvalue weighted by Gasteiger charge is -2.16. The molecule has 0 aliphatic heterocycles. The molecule has 0 heterocycles. The highest BCUT2D eigenvalue weighted by Gasteiger charge is 2.13. The summed E-state index contributed by atoms with van der Waals surface area (Å²) in [5, 5.41) is 19.5. The summed E-state index contributed by atoms with van der Waals surface area (Å²) >= 11 is 0. The minimum absolute atomic E-state index is 0.602. The van der Waals surface area contributed by atoms with Crippen LogP contribution in [0.4, 0.5) is 0 Å². The number of benzene rings is 2. The molecule has 0 bridgehead atoms. The van der Waals surface area contributed by atoms with E-state index in [0.717, 1.165) is 11.1 Å². The average Bonchev–Trinajstić information content (AvgIpc) is 2.39. The zero-order valence-corrected chi connectivity index (χ0v) is 11.1. The van der Waals surface area contributed by atoms with E-state index in [0.29, 0.717) is 11.5 Å². The van der Waals surface area contributed by atoms with Gasteiger partial charge in [-0.2, -0.15) is 0 Å². The third-order valence-corrected chi connectivity index (χ3v) is 2.96. The Morgan fingerprint density at radius 2 is 1.11 bits per heavy atom. The van der Waals surface area contributed by atoms with E-state index in [-0.39, 0.29) is 0 Å². The molecule has 0 saturated carbocycles. The topological polar surface area (TPSA) is 49.7 Å². The number of para-hydroxylation sites is 2. The second kappa shape index (κ2) is 5.87. The van der Waals surface area contributed by atoms with Crippen LogP contribution >= 0.6 is 0 Å². The molecule has 0 saturated heterocycles. The van der Waals surface area contributed by atoms with E-state index in [9.17, 15) is 10.2 Å². The van der Waals surface area contributed by atoms with Gasteiger partial charge in [0, 0.05) is 11.1 Å². The fourth-order valence-corrected chi connectivity index (χ4v) is 1.96. The first-order valence-electron chi connectivity index (χ1n) is 6.31. The van der Waals surface area contributed by atoms with Crippen molar-refractivity contribution in [2.24, 2.45) is 0 Å². The van der Waals surface area contributed by atoms with E-state index < -0.39 is 12.2 Å². The maximum atomic E-state index is 9.73. The normalized spacial score (nSPS) is 13.9. The lowest BCUT2D eigenvalue weighted by Crippen LogP contribution is -1.99. The molecule has 0 amide bonds. The lowest BCUT2D eigenvalue weighted by atomic mass is 10.1. The summed E-state index contributed by atoms with van der Waals surface area (Å²) in [4.78, 5) is 0. The molecule has 3 heteroatoms. The van der Waals surface area contributed by atoms with Gasteiger partial charge in [-0.05, 0) is 26.0 Å². The van der Waals surface area contributed by atoms with Gasteiger partial charge in [0.25, 0.3) is 0 Å². The highest BCUT2D eigenvalue weighted by Crippen LogP contribution is 2.33. The number of aliphatic hydroxyl groups is 2. The molecule has 2 rings (SSSR count). The van der Waals surface area contributed by atoms with Crippen LogP contribution in [0.1, 0.15) is 37.2 Å². The molecule has 2 aromatic rings. The van der Waals surface area contributed by atoms with Gasteiger partial charge in [0.15, 0.2) is 0 Å². The zero-order valence-electron chi connectivity index (χ0n) is 11.1. The Hall–Kier alpha value is -1.84. The standard InChI is InChI=1S/C16H18O3/c1-11(17)13-7-3-5-9-15(13)19-16-10-6-4-8-14(16)12(2)18/h3-12,17-18H,1-2H3. The van der Waals surface area contributed by atoms with E-state index in [2.05, 4.69) is 0 Å². The second-order valence-corrected chi connectivity index (χ2v) is 4.53. The second-order valence-electron chi connectivity index (χ2n) is 4.53. The lowest BCUT2D eigenvalue weighted by molar-refractivity contribution is 0.191. The van der Waals surface area contributed by atoms with Crippen molar-refractivity contribution in [1.29, 1.82) is 0 Å². The Morgan fingerprint density at radius 1 is 0.737 bits per heavy atom. The molecule has 3 nitrogen and oxygen atoms in total. The highest BCUT2D eigenvalue weighted by atomic mass is 16.5. The van der Waals surface area contributed by atoms with Gasteiger partial charge >= 0.3 is 0 Å². The van der Waals surface area contributed by atoms with E-state index >= 15 is 0 Å². The SMILES string of the molecule is CC(O)c1ccccc1Oc1ccccc1C(C)O. The maximum Gasteiger partial charge on any atom is 0.133 e. The highest BCUT2D eigenvalue weighted by molar-refractivity contribution is 5.42. The molecule has 2 unspecified atom stereocenters. The molecular weight excluding hydrogens is 240 g/mol. The summed E-state index contributed by atoms with van der Waals surface area (Å²) in [6, 6.07) is 14.7. The molecule has 2 N–H and O–H groups in total. The fraction of sp³-hybridized carbons (Fsp3) is 0.250. The van der Waals surface area contributed by atoms with Crippen molar-refractivity contribution in [3.05, 3.63) is 59.7 Å². The molecule has 0 radical (unpaired) electrons. The minimum atomic E-state index is -0.602. The summed E-state index contributed by atoms with van der Waals surface area (Å²) in [6.45, 7) is 3.39. The van der Waals surface area contributed by atoms with Gasteiger partial charge in [-0.25, -0.2) is 0 Å². The van der Waals surface area contributed by atoms with Crippen LogP contribution < -0.4 is 4.74 Å². The van der Waals surface area contributed by atoms with Crippen LogP contribution in [0.25, 0.3) is 0 Å². The fourth-order valence-electron chi connectivity index (χ4n) is 1.96. The van der Waals surface area contributed by atoms with Crippen LogP contribution in [0.15, 0.2) is 48.5 Å². The number of rotatable bonds is 4. The summed E-state index contributed by atoms with van der Waals surface area (Å²) in [6.07, 6.45) is -1.20. The van der Waals surface area contributed by atoms with E-state index in [1.54, 1.807) is 26.0 Å². The monoisotopic (exact) mass is 258 g/mol. The molecule has 0 fully saturated rings. The quantitative estimate of drug-likeness (QED) is 0.881. The summed E-state index contributed by atoms with van der Waals surface area (Å²) in [5.41, 5.74) is 1.45.